The minimum atomic E-state index is -0.440. The number of hydrogen-bond donors (Lipinski definition) is 0. The summed E-state index contributed by atoms with van der Waals surface area (Å²) in [6, 6.07) is 15.0. The van der Waals surface area contributed by atoms with Crippen molar-refractivity contribution in [3.8, 4) is 0 Å². The van der Waals surface area contributed by atoms with E-state index in [2.05, 4.69) is 6.92 Å². The highest BCUT2D eigenvalue weighted by molar-refractivity contribution is 5.90. The van der Waals surface area contributed by atoms with Crippen molar-refractivity contribution >= 4 is 11.9 Å². The Morgan fingerprint density at radius 3 is 2.27 bits per heavy atom. The van der Waals surface area contributed by atoms with E-state index in [0.717, 1.165) is 43.4 Å². The quantitative estimate of drug-likeness (QED) is 0.603. The summed E-state index contributed by atoms with van der Waals surface area (Å²) in [7, 11) is 0. The molecule has 0 radical (unpaired) electrons. The van der Waals surface area contributed by atoms with E-state index in [9.17, 15) is 9.59 Å². The predicted molar refractivity (Wildman–Crippen MR) is 124 cm³/mol. The lowest BCUT2D eigenvalue weighted by Gasteiger charge is -2.39. The molecule has 174 valence electrons. The van der Waals surface area contributed by atoms with Crippen LogP contribution in [0.15, 0.2) is 48.5 Å². The van der Waals surface area contributed by atoms with Crippen molar-refractivity contribution in [1.82, 2.24) is 0 Å². The summed E-state index contributed by atoms with van der Waals surface area (Å²) in [6.07, 6.45) is 3.01. The average molecular weight is 449 g/mol. The van der Waals surface area contributed by atoms with Gasteiger partial charge in [-0.25, -0.2) is 9.59 Å². The van der Waals surface area contributed by atoms with Crippen molar-refractivity contribution in [2.75, 3.05) is 13.2 Å². The first-order chi connectivity index (χ1) is 16.0. The van der Waals surface area contributed by atoms with Gasteiger partial charge >= 0.3 is 11.9 Å². The highest BCUT2D eigenvalue weighted by atomic mass is 16.6. The summed E-state index contributed by atoms with van der Waals surface area (Å²) in [6.45, 7) is 5.49. The number of benzene rings is 2. The Bertz CT molecular complexity index is 1030. The number of carbonyl (C=O) groups is 2. The number of aryl methyl sites for hydroxylation is 2. The third kappa shape index (κ3) is 4.31. The highest BCUT2D eigenvalue weighted by Crippen LogP contribution is 2.56. The molecule has 6 atom stereocenters. The van der Waals surface area contributed by atoms with Gasteiger partial charge in [-0.3, -0.25) is 0 Å². The fourth-order valence-electron chi connectivity index (χ4n) is 6.24. The van der Waals surface area contributed by atoms with E-state index in [-0.39, 0.29) is 23.8 Å². The molecule has 1 aliphatic heterocycles. The lowest BCUT2D eigenvalue weighted by Crippen LogP contribution is -2.47. The van der Waals surface area contributed by atoms with E-state index in [1.807, 2.05) is 43.3 Å². The molecular weight excluding hydrogens is 416 g/mol. The second kappa shape index (κ2) is 9.30. The van der Waals surface area contributed by atoms with Gasteiger partial charge in [-0.05, 0) is 74.3 Å². The molecule has 5 nitrogen and oxygen atoms in total. The zero-order valence-corrected chi connectivity index (χ0v) is 19.4. The number of carbonyl (C=O) groups excluding carboxylic acids is 2. The van der Waals surface area contributed by atoms with Crippen molar-refractivity contribution in [2.45, 2.75) is 51.7 Å². The predicted octanol–water partition coefficient (Wildman–Crippen LogP) is 5.00. The first kappa shape index (κ1) is 22.1. The van der Waals surface area contributed by atoms with E-state index in [1.54, 1.807) is 12.1 Å². The van der Waals surface area contributed by atoms with Crippen LogP contribution >= 0.6 is 0 Å². The normalized spacial score (nSPS) is 30.4. The van der Waals surface area contributed by atoms with Crippen LogP contribution in [0.2, 0.25) is 0 Å². The third-order valence-corrected chi connectivity index (χ3v) is 7.81. The molecule has 1 heterocycles. The van der Waals surface area contributed by atoms with E-state index in [1.165, 1.54) is 0 Å². The molecule has 2 aliphatic carbocycles. The lowest BCUT2D eigenvalue weighted by atomic mass is 9.75. The minimum Gasteiger partial charge on any atom is -0.455 e. The molecule has 0 spiro atoms. The summed E-state index contributed by atoms with van der Waals surface area (Å²) in [4.78, 5) is 26.2. The summed E-state index contributed by atoms with van der Waals surface area (Å²) < 4.78 is 18.1. The fraction of sp³-hybridized carbons (Fsp3) is 0.500. The van der Waals surface area contributed by atoms with E-state index in [4.69, 9.17) is 14.2 Å². The number of hydrogen-bond acceptors (Lipinski definition) is 5. The highest BCUT2D eigenvalue weighted by Gasteiger charge is 2.61. The summed E-state index contributed by atoms with van der Waals surface area (Å²) in [5, 5.41) is 0. The van der Waals surface area contributed by atoms with Crippen molar-refractivity contribution < 1.29 is 23.8 Å². The van der Waals surface area contributed by atoms with Crippen molar-refractivity contribution in [3.63, 3.8) is 0 Å². The Morgan fingerprint density at radius 2 is 1.58 bits per heavy atom. The van der Waals surface area contributed by atoms with E-state index >= 15 is 0 Å². The molecule has 3 aliphatic rings. The molecule has 3 fully saturated rings. The standard InChI is InChI=1S/C28H32O5/c1-3-18-8-5-10-20(14-18)28(30)33-26-23-15-22(21-11-6-12-31-16-24(21)23)25(26)32-27(29)19-9-4-7-17(2)13-19/h4-5,7-10,13-14,21-26H,3,6,11-12,15-16H2,1-2H3. The van der Waals surface area contributed by atoms with Crippen LogP contribution in [0.4, 0.5) is 0 Å². The maximum absolute atomic E-state index is 13.1. The Hall–Kier alpha value is -2.66. The fourth-order valence-corrected chi connectivity index (χ4v) is 6.24. The second-order valence-electron chi connectivity index (χ2n) is 9.77. The number of esters is 2. The maximum Gasteiger partial charge on any atom is 0.338 e. The number of rotatable bonds is 5. The molecule has 2 aromatic rings. The zero-order valence-electron chi connectivity index (χ0n) is 19.4. The van der Waals surface area contributed by atoms with Crippen LogP contribution < -0.4 is 0 Å². The molecule has 6 unspecified atom stereocenters. The molecule has 2 bridgehead atoms. The van der Waals surface area contributed by atoms with Crippen LogP contribution in [-0.2, 0) is 20.6 Å². The largest absolute Gasteiger partial charge is 0.455 e. The Labute approximate surface area is 195 Å². The van der Waals surface area contributed by atoms with Crippen LogP contribution in [0.1, 0.15) is 58.0 Å². The lowest BCUT2D eigenvalue weighted by molar-refractivity contribution is -0.0872. The summed E-state index contributed by atoms with van der Waals surface area (Å²) >= 11 is 0. The van der Waals surface area contributed by atoms with E-state index < -0.39 is 12.2 Å². The van der Waals surface area contributed by atoms with Gasteiger partial charge in [0.1, 0.15) is 12.2 Å². The summed E-state index contributed by atoms with van der Waals surface area (Å²) in [5.74, 6) is 0.483. The Morgan fingerprint density at radius 1 is 0.909 bits per heavy atom. The molecule has 0 amide bonds. The van der Waals surface area contributed by atoms with Crippen LogP contribution in [0.25, 0.3) is 0 Å². The summed E-state index contributed by atoms with van der Waals surface area (Å²) in [5.41, 5.74) is 3.20. The number of fused-ring (bicyclic) bond motifs is 5. The average Bonchev–Trinajstić information content (AvgIpc) is 3.23. The van der Waals surface area contributed by atoms with Crippen LogP contribution in [0.3, 0.4) is 0 Å². The Balaban J connectivity index is 1.40. The molecule has 0 N–H and O–H groups in total. The molecule has 0 aromatic heterocycles. The number of ether oxygens (including phenoxy) is 3. The first-order valence-corrected chi connectivity index (χ1v) is 12.2. The van der Waals surface area contributed by atoms with Gasteiger partial charge in [0.2, 0.25) is 0 Å². The minimum absolute atomic E-state index is 0.159. The van der Waals surface area contributed by atoms with Crippen LogP contribution in [0.5, 0.6) is 0 Å². The van der Waals surface area contributed by atoms with Gasteiger partial charge < -0.3 is 14.2 Å². The monoisotopic (exact) mass is 448 g/mol. The topological polar surface area (TPSA) is 61.8 Å². The first-order valence-electron chi connectivity index (χ1n) is 12.2. The molecule has 5 rings (SSSR count). The van der Waals surface area contributed by atoms with Gasteiger partial charge in [0.05, 0.1) is 17.7 Å². The third-order valence-electron chi connectivity index (χ3n) is 7.81. The maximum atomic E-state index is 13.1. The molecular formula is C28H32O5. The van der Waals surface area contributed by atoms with Crippen LogP contribution in [0, 0.1) is 30.6 Å². The molecule has 5 heteroatoms. The SMILES string of the molecule is CCc1cccc(C(=O)OC2C3CC(C4CCCOCC43)C2OC(=O)c2cccc(C)c2)c1. The molecule has 2 saturated carbocycles. The Kier molecular flexibility index (Phi) is 6.24. The van der Waals surface area contributed by atoms with Crippen molar-refractivity contribution in [1.29, 1.82) is 0 Å². The van der Waals surface area contributed by atoms with Gasteiger partial charge in [0.25, 0.3) is 0 Å². The van der Waals surface area contributed by atoms with Gasteiger partial charge in [0.15, 0.2) is 0 Å². The second-order valence-corrected chi connectivity index (χ2v) is 9.77. The van der Waals surface area contributed by atoms with Crippen molar-refractivity contribution in [2.24, 2.45) is 23.7 Å². The molecule has 2 aromatic carbocycles. The molecule has 33 heavy (non-hydrogen) atoms. The smallest absolute Gasteiger partial charge is 0.338 e. The van der Waals surface area contributed by atoms with E-state index in [0.29, 0.717) is 29.6 Å². The van der Waals surface area contributed by atoms with Crippen LogP contribution in [-0.4, -0.2) is 37.4 Å². The zero-order chi connectivity index (χ0) is 22.9. The van der Waals surface area contributed by atoms with Crippen molar-refractivity contribution in [3.05, 3.63) is 70.8 Å². The van der Waals surface area contributed by atoms with Gasteiger partial charge in [0, 0.05) is 18.4 Å². The van der Waals surface area contributed by atoms with Gasteiger partial charge in [-0.15, -0.1) is 0 Å². The molecule has 1 saturated heterocycles. The van der Waals surface area contributed by atoms with Gasteiger partial charge in [-0.1, -0.05) is 36.8 Å². The van der Waals surface area contributed by atoms with Gasteiger partial charge in [-0.2, -0.15) is 0 Å².